The number of fused-ring (bicyclic) bond motifs is 1. The maximum Gasteiger partial charge on any atom is 0.237 e. The maximum atomic E-state index is 14.1. The molecule has 3 rings (SSSR count). The summed E-state index contributed by atoms with van der Waals surface area (Å²) in [4.78, 5) is 14.9. The van der Waals surface area contributed by atoms with E-state index in [0.717, 1.165) is 16.7 Å². The molecule has 3 nitrogen and oxygen atoms in total. The predicted octanol–water partition coefficient (Wildman–Crippen LogP) is 4.04. The van der Waals surface area contributed by atoms with Gasteiger partial charge in [-0.3, -0.25) is 4.79 Å². The van der Waals surface area contributed by atoms with Gasteiger partial charge in [0.25, 0.3) is 0 Å². The topological polar surface area (TPSA) is 29.5 Å². The van der Waals surface area contributed by atoms with E-state index in [1.54, 1.807) is 7.11 Å². The fourth-order valence-corrected chi connectivity index (χ4v) is 3.57. The van der Waals surface area contributed by atoms with Gasteiger partial charge in [-0.15, -0.1) is 11.8 Å². The average molecular weight is 349 g/mol. The van der Waals surface area contributed by atoms with Gasteiger partial charge >= 0.3 is 0 Å². The first-order valence-electron chi connectivity index (χ1n) is 7.63. The molecule has 0 saturated carbocycles. The quantitative estimate of drug-likeness (QED) is 0.780. The zero-order valence-electron chi connectivity index (χ0n) is 13.2. The molecule has 0 fully saturated rings. The van der Waals surface area contributed by atoms with Crippen LogP contribution in [0.5, 0.6) is 5.75 Å². The van der Waals surface area contributed by atoms with Crippen LogP contribution in [0.1, 0.15) is 12.0 Å². The van der Waals surface area contributed by atoms with E-state index < -0.39 is 11.6 Å². The Labute approximate surface area is 143 Å². The van der Waals surface area contributed by atoms with Gasteiger partial charge in [-0.05, 0) is 48.7 Å². The van der Waals surface area contributed by atoms with Gasteiger partial charge < -0.3 is 9.64 Å². The molecule has 0 spiro atoms. The minimum atomic E-state index is -0.674. The van der Waals surface area contributed by atoms with Gasteiger partial charge in [0.1, 0.15) is 17.4 Å². The highest BCUT2D eigenvalue weighted by atomic mass is 32.2. The lowest BCUT2D eigenvalue weighted by molar-refractivity contribution is -0.116. The van der Waals surface area contributed by atoms with Crippen LogP contribution in [0.25, 0.3) is 0 Å². The van der Waals surface area contributed by atoms with Crippen LogP contribution >= 0.6 is 11.8 Å². The standard InChI is InChI=1S/C18H17F2NO2S/c1-23-14-4-6-15(7-5-14)24-11-17(22)21-8-2-3-12-9-13(19)10-16(20)18(12)21/h4-7,9-10H,2-3,8,11H2,1H3. The molecule has 0 aliphatic carbocycles. The maximum absolute atomic E-state index is 14.1. The first-order chi connectivity index (χ1) is 11.6. The highest BCUT2D eigenvalue weighted by Gasteiger charge is 2.26. The molecule has 126 valence electrons. The van der Waals surface area contributed by atoms with Crippen LogP contribution in [0.4, 0.5) is 14.5 Å². The molecule has 0 bridgehead atoms. The molecule has 1 amide bonds. The number of ether oxygens (including phenoxy) is 1. The minimum absolute atomic E-state index is 0.178. The number of nitrogens with zero attached hydrogens (tertiary/aromatic N) is 1. The number of carbonyl (C=O) groups excluding carboxylic acids is 1. The van der Waals surface area contributed by atoms with E-state index in [9.17, 15) is 13.6 Å². The summed E-state index contributed by atoms with van der Waals surface area (Å²) in [6.07, 6.45) is 1.29. The molecule has 24 heavy (non-hydrogen) atoms. The fourth-order valence-electron chi connectivity index (χ4n) is 2.80. The van der Waals surface area contributed by atoms with E-state index in [0.29, 0.717) is 24.9 Å². The molecular formula is C18H17F2NO2S. The van der Waals surface area contributed by atoms with E-state index in [-0.39, 0.29) is 17.3 Å². The van der Waals surface area contributed by atoms with Gasteiger partial charge in [-0.25, -0.2) is 8.78 Å². The predicted molar refractivity (Wildman–Crippen MR) is 90.8 cm³/mol. The number of hydrogen-bond donors (Lipinski definition) is 0. The molecule has 0 saturated heterocycles. The summed E-state index contributed by atoms with van der Waals surface area (Å²) in [6.45, 7) is 0.456. The Hall–Kier alpha value is -2.08. The number of methoxy groups -OCH3 is 1. The number of aryl methyl sites for hydroxylation is 1. The summed E-state index contributed by atoms with van der Waals surface area (Å²) in [5.41, 5.74) is 0.782. The van der Waals surface area contributed by atoms with Crippen molar-refractivity contribution in [3.63, 3.8) is 0 Å². The highest BCUT2D eigenvalue weighted by Crippen LogP contribution is 2.32. The van der Waals surface area contributed by atoms with Crippen molar-refractivity contribution in [2.24, 2.45) is 0 Å². The smallest absolute Gasteiger partial charge is 0.237 e. The van der Waals surface area contributed by atoms with Crippen molar-refractivity contribution in [1.29, 1.82) is 0 Å². The summed E-state index contributed by atoms with van der Waals surface area (Å²) in [5.74, 6) is -0.509. The Morgan fingerprint density at radius 2 is 2.00 bits per heavy atom. The first kappa shape index (κ1) is 16.8. The number of benzene rings is 2. The molecule has 0 aromatic heterocycles. The Balaban J connectivity index is 1.72. The average Bonchev–Trinajstić information content (AvgIpc) is 2.59. The lowest BCUT2D eigenvalue weighted by Crippen LogP contribution is -2.37. The van der Waals surface area contributed by atoms with Crippen LogP contribution in [-0.4, -0.2) is 25.3 Å². The molecule has 0 unspecified atom stereocenters. The van der Waals surface area contributed by atoms with Gasteiger partial charge in [-0.2, -0.15) is 0 Å². The molecule has 0 radical (unpaired) electrons. The van der Waals surface area contributed by atoms with Crippen molar-refractivity contribution >= 4 is 23.4 Å². The summed E-state index contributed by atoms with van der Waals surface area (Å²) in [7, 11) is 1.59. The highest BCUT2D eigenvalue weighted by molar-refractivity contribution is 8.00. The minimum Gasteiger partial charge on any atom is -0.497 e. The zero-order chi connectivity index (χ0) is 17.1. The van der Waals surface area contributed by atoms with Crippen molar-refractivity contribution in [1.82, 2.24) is 0 Å². The Kier molecular flexibility index (Phi) is 5.04. The van der Waals surface area contributed by atoms with Crippen LogP contribution in [0.2, 0.25) is 0 Å². The van der Waals surface area contributed by atoms with Gasteiger partial charge in [0.15, 0.2) is 0 Å². The summed E-state index contributed by atoms with van der Waals surface area (Å²) < 4.78 is 32.6. The first-order valence-corrected chi connectivity index (χ1v) is 8.62. The van der Waals surface area contributed by atoms with Crippen molar-refractivity contribution in [3.8, 4) is 5.75 Å². The molecule has 6 heteroatoms. The molecular weight excluding hydrogens is 332 g/mol. The third kappa shape index (κ3) is 3.53. The number of carbonyl (C=O) groups is 1. The number of rotatable bonds is 4. The van der Waals surface area contributed by atoms with Gasteiger partial charge in [-0.1, -0.05) is 0 Å². The van der Waals surface area contributed by atoms with E-state index in [4.69, 9.17) is 4.74 Å². The molecule has 2 aromatic carbocycles. The van der Waals surface area contributed by atoms with Gasteiger partial charge in [0, 0.05) is 17.5 Å². The lowest BCUT2D eigenvalue weighted by Gasteiger charge is -2.29. The van der Waals surface area contributed by atoms with Crippen molar-refractivity contribution in [2.75, 3.05) is 24.3 Å². The molecule has 0 atom stereocenters. The fraction of sp³-hybridized carbons (Fsp3) is 0.278. The second-order valence-electron chi connectivity index (χ2n) is 5.51. The van der Waals surface area contributed by atoms with Crippen LogP contribution in [0.3, 0.4) is 0 Å². The van der Waals surface area contributed by atoms with E-state index in [2.05, 4.69) is 0 Å². The molecule has 1 aliphatic rings. The van der Waals surface area contributed by atoms with Crippen LogP contribution in [0.15, 0.2) is 41.3 Å². The van der Waals surface area contributed by atoms with Crippen LogP contribution in [0, 0.1) is 11.6 Å². The second kappa shape index (κ2) is 7.21. The normalized spacial score (nSPS) is 13.5. The van der Waals surface area contributed by atoms with Crippen molar-refractivity contribution in [3.05, 3.63) is 53.6 Å². The van der Waals surface area contributed by atoms with Crippen molar-refractivity contribution in [2.45, 2.75) is 17.7 Å². The van der Waals surface area contributed by atoms with Gasteiger partial charge in [0.2, 0.25) is 5.91 Å². The van der Waals surface area contributed by atoms with Crippen LogP contribution < -0.4 is 9.64 Å². The van der Waals surface area contributed by atoms with Gasteiger partial charge in [0.05, 0.1) is 18.6 Å². The number of halogens is 2. The summed E-state index contributed by atoms with van der Waals surface area (Å²) >= 11 is 1.38. The zero-order valence-corrected chi connectivity index (χ0v) is 14.0. The molecule has 1 aliphatic heterocycles. The third-order valence-corrected chi connectivity index (χ3v) is 4.92. The lowest BCUT2D eigenvalue weighted by atomic mass is 10.0. The second-order valence-corrected chi connectivity index (χ2v) is 6.56. The third-order valence-electron chi connectivity index (χ3n) is 3.93. The number of amides is 1. The Morgan fingerprint density at radius 1 is 1.25 bits per heavy atom. The van der Waals surface area contributed by atoms with Crippen LogP contribution in [-0.2, 0) is 11.2 Å². The van der Waals surface area contributed by atoms with Crippen molar-refractivity contribution < 1.29 is 18.3 Å². The van der Waals surface area contributed by atoms with E-state index in [1.165, 1.54) is 22.7 Å². The monoisotopic (exact) mass is 349 g/mol. The van der Waals surface area contributed by atoms with E-state index in [1.807, 2.05) is 24.3 Å². The largest absolute Gasteiger partial charge is 0.497 e. The SMILES string of the molecule is COc1ccc(SCC(=O)N2CCCc3cc(F)cc(F)c32)cc1. The Bertz CT molecular complexity index is 749. The summed E-state index contributed by atoms with van der Waals surface area (Å²) in [5, 5.41) is 0. The number of thioether (sulfide) groups is 1. The Morgan fingerprint density at radius 3 is 2.71 bits per heavy atom. The molecule has 1 heterocycles. The summed E-state index contributed by atoms with van der Waals surface area (Å²) in [6, 6.07) is 9.54. The number of hydrogen-bond acceptors (Lipinski definition) is 3. The number of anilines is 1. The molecule has 2 aromatic rings. The van der Waals surface area contributed by atoms with E-state index >= 15 is 0 Å². The molecule has 0 N–H and O–H groups in total.